The van der Waals surface area contributed by atoms with Crippen LogP contribution in [0.25, 0.3) is 11.3 Å². The normalized spacial score (nSPS) is 18.2. The summed E-state index contributed by atoms with van der Waals surface area (Å²) in [6.07, 6.45) is 31.5. The van der Waals surface area contributed by atoms with Crippen LogP contribution in [0, 0.1) is 11.8 Å². The molecule has 0 atom stereocenters. The second-order valence-corrected chi connectivity index (χ2v) is 11.4. The molecule has 1 aliphatic carbocycles. The molecule has 1 aromatic carbocycles. The molecule has 0 saturated heterocycles. The lowest BCUT2D eigenvalue weighted by Gasteiger charge is -2.26. The molecule has 2 aromatic rings. The smallest absolute Gasteiger partial charge is 0.0702 e. The van der Waals surface area contributed by atoms with Crippen LogP contribution in [0.3, 0.4) is 0 Å². The van der Waals surface area contributed by atoms with Crippen molar-refractivity contribution >= 4 is 0 Å². The summed E-state index contributed by atoms with van der Waals surface area (Å²) in [6.45, 7) is 4.59. The van der Waals surface area contributed by atoms with E-state index >= 15 is 0 Å². The van der Waals surface area contributed by atoms with Crippen molar-refractivity contribution in [3.05, 3.63) is 65.9 Å². The minimum Gasteiger partial charge on any atom is -0.256 e. The van der Waals surface area contributed by atoms with Crippen molar-refractivity contribution in [3.8, 4) is 11.3 Å². The first kappa shape index (κ1) is 28.7. The monoisotopic (exact) mass is 487 g/mol. The highest BCUT2D eigenvalue weighted by molar-refractivity contribution is 5.59. The lowest BCUT2D eigenvalue weighted by Crippen LogP contribution is -2.13. The molecule has 1 heteroatoms. The largest absolute Gasteiger partial charge is 0.256 e. The molecule has 1 aliphatic rings. The number of nitrogens with zero attached hydrogens (tertiary/aromatic N) is 1. The van der Waals surface area contributed by atoms with E-state index in [2.05, 4.69) is 68.6 Å². The Hall–Kier alpha value is -1.89. The van der Waals surface area contributed by atoms with E-state index in [4.69, 9.17) is 4.98 Å². The molecule has 1 nitrogen and oxygen atoms in total. The van der Waals surface area contributed by atoms with E-state index in [9.17, 15) is 0 Å². The summed E-state index contributed by atoms with van der Waals surface area (Å²) in [5, 5.41) is 0. The van der Waals surface area contributed by atoms with Gasteiger partial charge in [-0.05, 0) is 80.4 Å². The second kappa shape index (κ2) is 17.5. The topological polar surface area (TPSA) is 12.9 Å². The predicted octanol–water partition coefficient (Wildman–Crippen LogP) is 10.9. The van der Waals surface area contributed by atoms with Crippen molar-refractivity contribution in [1.29, 1.82) is 0 Å². The molecule has 1 saturated carbocycles. The number of aromatic nitrogens is 1. The Balaban J connectivity index is 1.32. The van der Waals surface area contributed by atoms with Crippen LogP contribution >= 0.6 is 0 Å². The summed E-state index contributed by atoms with van der Waals surface area (Å²) in [5.41, 5.74) is 5.13. The van der Waals surface area contributed by atoms with E-state index in [-0.39, 0.29) is 0 Å². The van der Waals surface area contributed by atoms with Crippen molar-refractivity contribution in [2.75, 3.05) is 0 Å². The van der Waals surface area contributed by atoms with E-state index in [0.29, 0.717) is 0 Å². The van der Waals surface area contributed by atoms with Gasteiger partial charge in [-0.3, -0.25) is 4.98 Å². The summed E-state index contributed by atoms with van der Waals surface area (Å²) in [7, 11) is 0. The van der Waals surface area contributed by atoms with E-state index in [0.717, 1.165) is 36.8 Å². The van der Waals surface area contributed by atoms with Crippen LogP contribution in [-0.2, 0) is 12.8 Å². The van der Waals surface area contributed by atoms with Gasteiger partial charge < -0.3 is 0 Å². The van der Waals surface area contributed by atoms with Gasteiger partial charge in [0.1, 0.15) is 0 Å². The Kier molecular flexibility index (Phi) is 14.0. The molecular weight excluding hydrogens is 434 g/mol. The average Bonchev–Trinajstić information content (AvgIpc) is 2.92. The summed E-state index contributed by atoms with van der Waals surface area (Å²) in [5.74, 6) is 1.84. The molecule has 0 unspecified atom stereocenters. The minimum absolute atomic E-state index is 0.828. The number of benzene rings is 1. The maximum absolute atomic E-state index is 4.76. The van der Waals surface area contributed by atoms with Gasteiger partial charge in [-0.1, -0.05) is 121 Å². The third-order valence-electron chi connectivity index (χ3n) is 8.26. The first-order valence-corrected chi connectivity index (χ1v) is 15.5. The molecule has 0 amide bonds. The zero-order valence-corrected chi connectivity index (χ0v) is 23.5. The fourth-order valence-corrected chi connectivity index (χ4v) is 5.76. The molecular formula is C35H53N. The Morgan fingerprint density at radius 2 is 1.36 bits per heavy atom. The quantitative estimate of drug-likeness (QED) is 0.160. The van der Waals surface area contributed by atoms with Gasteiger partial charge in [0.25, 0.3) is 0 Å². The maximum atomic E-state index is 4.76. The molecule has 1 heterocycles. The van der Waals surface area contributed by atoms with Gasteiger partial charge in [-0.2, -0.15) is 0 Å². The van der Waals surface area contributed by atoms with Gasteiger partial charge in [-0.15, -0.1) is 0 Å². The first-order chi connectivity index (χ1) is 17.8. The van der Waals surface area contributed by atoms with E-state index in [1.165, 1.54) is 113 Å². The van der Waals surface area contributed by atoms with E-state index < -0.39 is 0 Å². The predicted molar refractivity (Wildman–Crippen MR) is 158 cm³/mol. The highest BCUT2D eigenvalue weighted by Gasteiger charge is 2.18. The SMILES string of the molecule is CCCCCCCCCc1ccc(-c2ccc(CC/C=C/[C@H]3CC[C@H](CCCCC)CC3)cc2)nc1. The van der Waals surface area contributed by atoms with Crippen molar-refractivity contribution < 1.29 is 0 Å². The fraction of sp³-hybridized carbons (Fsp3) is 0.629. The molecule has 36 heavy (non-hydrogen) atoms. The van der Waals surface area contributed by atoms with Gasteiger partial charge >= 0.3 is 0 Å². The molecule has 198 valence electrons. The Morgan fingerprint density at radius 1 is 0.694 bits per heavy atom. The van der Waals surface area contributed by atoms with Crippen LogP contribution in [0.2, 0.25) is 0 Å². The number of allylic oxidation sites excluding steroid dienone is 2. The van der Waals surface area contributed by atoms with Crippen molar-refractivity contribution in [2.45, 2.75) is 129 Å². The molecule has 0 N–H and O–H groups in total. The summed E-state index contributed by atoms with van der Waals surface area (Å²) >= 11 is 0. The van der Waals surface area contributed by atoms with Crippen LogP contribution in [0.15, 0.2) is 54.7 Å². The molecule has 0 spiro atoms. The zero-order valence-electron chi connectivity index (χ0n) is 23.5. The van der Waals surface area contributed by atoms with Crippen molar-refractivity contribution in [3.63, 3.8) is 0 Å². The lowest BCUT2D eigenvalue weighted by molar-refractivity contribution is 0.289. The summed E-state index contributed by atoms with van der Waals surface area (Å²) < 4.78 is 0. The molecule has 1 fully saturated rings. The van der Waals surface area contributed by atoms with Gasteiger partial charge in [0.05, 0.1) is 5.69 Å². The Labute approximate surface area is 223 Å². The molecule has 0 bridgehead atoms. The van der Waals surface area contributed by atoms with Crippen molar-refractivity contribution in [1.82, 2.24) is 4.98 Å². The highest BCUT2D eigenvalue weighted by Crippen LogP contribution is 2.32. The fourth-order valence-electron chi connectivity index (χ4n) is 5.76. The molecule has 0 radical (unpaired) electrons. The van der Waals surface area contributed by atoms with Gasteiger partial charge in [0.15, 0.2) is 0 Å². The summed E-state index contributed by atoms with van der Waals surface area (Å²) in [4.78, 5) is 4.76. The highest BCUT2D eigenvalue weighted by atomic mass is 14.7. The maximum Gasteiger partial charge on any atom is 0.0702 e. The lowest BCUT2D eigenvalue weighted by atomic mass is 9.79. The number of rotatable bonds is 17. The standard InChI is InChI=1S/C35H53N/c1-3-5-7-8-9-10-12-18-33-25-28-35(36-29-33)34-26-23-32(24-27-34)17-14-13-16-31-21-19-30(20-22-31)15-11-6-4-2/h13,16,23-31H,3-12,14-15,17-22H2,1-2H3/b16-13+/t30-,31-. The average molecular weight is 488 g/mol. The Bertz CT molecular complexity index is 824. The molecule has 0 aliphatic heterocycles. The molecule has 1 aromatic heterocycles. The summed E-state index contributed by atoms with van der Waals surface area (Å²) in [6, 6.07) is 13.6. The minimum atomic E-state index is 0.828. The van der Waals surface area contributed by atoms with Gasteiger partial charge in [-0.25, -0.2) is 0 Å². The third-order valence-corrected chi connectivity index (χ3v) is 8.26. The van der Waals surface area contributed by atoms with Gasteiger partial charge in [0, 0.05) is 11.8 Å². The number of hydrogen-bond donors (Lipinski definition) is 0. The zero-order chi connectivity index (χ0) is 25.3. The number of pyridine rings is 1. The van der Waals surface area contributed by atoms with Crippen LogP contribution in [0.4, 0.5) is 0 Å². The molecule has 3 rings (SSSR count). The van der Waals surface area contributed by atoms with Gasteiger partial charge in [0.2, 0.25) is 0 Å². The number of aryl methyl sites for hydroxylation is 2. The third kappa shape index (κ3) is 11.0. The number of unbranched alkanes of at least 4 members (excludes halogenated alkanes) is 8. The first-order valence-electron chi connectivity index (χ1n) is 15.5. The second-order valence-electron chi connectivity index (χ2n) is 11.4. The van der Waals surface area contributed by atoms with E-state index in [1.54, 1.807) is 0 Å². The van der Waals surface area contributed by atoms with Crippen molar-refractivity contribution in [2.24, 2.45) is 11.8 Å². The van der Waals surface area contributed by atoms with Crippen LogP contribution in [-0.4, -0.2) is 4.98 Å². The van der Waals surface area contributed by atoms with Crippen LogP contribution in [0.5, 0.6) is 0 Å². The number of hydrogen-bond acceptors (Lipinski definition) is 1. The van der Waals surface area contributed by atoms with Crippen LogP contribution in [0.1, 0.15) is 128 Å². The Morgan fingerprint density at radius 3 is 2.06 bits per heavy atom. The van der Waals surface area contributed by atoms with Crippen LogP contribution < -0.4 is 0 Å². The van der Waals surface area contributed by atoms with E-state index in [1.807, 2.05) is 0 Å².